The molecule has 2 saturated heterocycles. The van der Waals surface area contributed by atoms with Crippen LogP contribution in [0.15, 0.2) is 18.2 Å². The van der Waals surface area contributed by atoms with Crippen molar-refractivity contribution in [2.45, 2.75) is 64.0 Å². The Bertz CT molecular complexity index is 790. The summed E-state index contributed by atoms with van der Waals surface area (Å²) in [6, 6.07) is 5.87. The number of amides is 2. The number of piperidine rings is 1. The molecule has 1 saturated carbocycles. The van der Waals surface area contributed by atoms with Crippen molar-refractivity contribution in [1.82, 2.24) is 4.90 Å². The Morgan fingerprint density at radius 2 is 1.93 bits per heavy atom. The van der Waals surface area contributed by atoms with E-state index in [1.54, 1.807) is 6.07 Å². The molecular weight excluding hydrogens is 370 g/mol. The number of aliphatic hydroxyl groups excluding tert-OH is 1. The summed E-state index contributed by atoms with van der Waals surface area (Å²) < 4.78 is 0. The molecule has 0 aromatic heterocycles. The number of likely N-dealkylation sites (tertiary alicyclic amines) is 1. The zero-order chi connectivity index (χ0) is 20.6. The number of carbonyl (C=O) groups excluding carboxylic acids is 1. The smallest absolute Gasteiger partial charge is 0.409 e. The zero-order valence-corrected chi connectivity index (χ0v) is 17.1. The monoisotopic (exact) mass is 401 g/mol. The number of hydrogen-bond donors (Lipinski definition) is 3. The van der Waals surface area contributed by atoms with Crippen molar-refractivity contribution in [3.8, 4) is 0 Å². The number of aryl methyl sites for hydroxylation is 1. The molecule has 7 heteroatoms. The van der Waals surface area contributed by atoms with Gasteiger partial charge in [-0.3, -0.25) is 10.1 Å². The highest BCUT2D eigenvalue weighted by Gasteiger charge is 2.50. The van der Waals surface area contributed by atoms with E-state index in [4.69, 9.17) is 5.11 Å². The average molecular weight is 402 g/mol. The van der Waals surface area contributed by atoms with E-state index in [9.17, 15) is 14.7 Å². The maximum absolute atomic E-state index is 13.5. The first-order valence-electron chi connectivity index (χ1n) is 10.7. The molecule has 0 radical (unpaired) electrons. The van der Waals surface area contributed by atoms with Crippen LogP contribution in [-0.4, -0.2) is 58.9 Å². The standard InChI is InChI=1S/C22H31N3O4/c1-15-13-16(23-21(28)29)3-8-19(15)24-11-2-9-22(14-24)10-12-25(20(22)27)17-4-6-18(26)7-5-17/h3,8,13,17-18,23,26H,2,4-7,9-12,14H2,1H3,(H,28,29)/t17?,18?,22-/m1/s1. The Labute approximate surface area is 171 Å². The summed E-state index contributed by atoms with van der Waals surface area (Å²) in [4.78, 5) is 28.7. The van der Waals surface area contributed by atoms with E-state index in [0.717, 1.165) is 75.8 Å². The van der Waals surface area contributed by atoms with Gasteiger partial charge in [0.1, 0.15) is 0 Å². The number of rotatable bonds is 3. The fourth-order valence-corrected chi connectivity index (χ4v) is 5.49. The minimum Gasteiger partial charge on any atom is -0.465 e. The zero-order valence-electron chi connectivity index (χ0n) is 17.1. The number of benzene rings is 1. The van der Waals surface area contributed by atoms with Crippen LogP contribution in [0.1, 0.15) is 50.5 Å². The summed E-state index contributed by atoms with van der Waals surface area (Å²) in [7, 11) is 0. The van der Waals surface area contributed by atoms with Crippen molar-refractivity contribution in [3.05, 3.63) is 23.8 Å². The van der Waals surface area contributed by atoms with Gasteiger partial charge in [-0.15, -0.1) is 0 Å². The number of carboxylic acid groups (broad SMARTS) is 1. The highest BCUT2D eigenvalue weighted by atomic mass is 16.4. The Morgan fingerprint density at radius 1 is 1.17 bits per heavy atom. The lowest BCUT2D eigenvalue weighted by atomic mass is 9.78. The quantitative estimate of drug-likeness (QED) is 0.723. The molecule has 0 unspecified atom stereocenters. The lowest BCUT2D eigenvalue weighted by Crippen LogP contribution is -2.50. The van der Waals surface area contributed by atoms with Gasteiger partial charge in [0.05, 0.1) is 11.5 Å². The first kappa shape index (κ1) is 20.0. The number of nitrogens with zero attached hydrogens (tertiary/aromatic N) is 2. The predicted octanol–water partition coefficient (Wildman–Crippen LogP) is 3.21. The number of nitrogens with one attached hydrogen (secondary N) is 1. The van der Waals surface area contributed by atoms with Gasteiger partial charge in [-0.1, -0.05) is 0 Å². The minimum atomic E-state index is -1.07. The van der Waals surface area contributed by atoms with Gasteiger partial charge in [0, 0.05) is 37.1 Å². The minimum absolute atomic E-state index is 0.204. The molecule has 29 heavy (non-hydrogen) atoms. The van der Waals surface area contributed by atoms with Gasteiger partial charge in [-0.05, 0) is 75.6 Å². The van der Waals surface area contributed by atoms with Crippen LogP contribution >= 0.6 is 0 Å². The second-order valence-electron chi connectivity index (χ2n) is 8.95. The molecule has 2 heterocycles. The average Bonchev–Trinajstić information content (AvgIpc) is 2.98. The summed E-state index contributed by atoms with van der Waals surface area (Å²) in [5, 5.41) is 21.1. The van der Waals surface area contributed by atoms with Crippen LogP contribution in [0, 0.1) is 12.3 Å². The molecule has 0 bridgehead atoms. The van der Waals surface area contributed by atoms with Gasteiger partial charge in [0.15, 0.2) is 0 Å². The summed E-state index contributed by atoms with van der Waals surface area (Å²) in [5.41, 5.74) is 2.34. The number of anilines is 2. The van der Waals surface area contributed by atoms with Crippen molar-refractivity contribution in [2.24, 2.45) is 5.41 Å². The predicted molar refractivity (Wildman–Crippen MR) is 111 cm³/mol. The Kier molecular flexibility index (Phi) is 5.42. The van der Waals surface area contributed by atoms with E-state index in [2.05, 4.69) is 15.1 Å². The molecule has 1 aliphatic carbocycles. The van der Waals surface area contributed by atoms with Gasteiger partial charge in [0.2, 0.25) is 5.91 Å². The topological polar surface area (TPSA) is 93.1 Å². The summed E-state index contributed by atoms with van der Waals surface area (Å²) >= 11 is 0. The van der Waals surface area contributed by atoms with E-state index in [0.29, 0.717) is 11.6 Å². The normalized spacial score (nSPS) is 30.1. The highest BCUT2D eigenvalue weighted by Crippen LogP contribution is 2.44. The van der Waals surface area contributed by atoms with Gasteiger partial charge in [-0.25, -0.2) is 4.79 Å². The third-order valence-corrected chi connectivity index (χ3v) is 7.02. The van der Waals surface area contributed by atoms with Gasteiger partial charge < -0.3 is 20.0 Å². The summed E-state index contributed by atoms with van der Waals surface area (Å²) in [5.74, 6) is 0.297. The molecule has 3 N–H and O–H groups in total. The molecule has 158 valence electrons. The molecule has 3 fully saturated rings. The Balaban J connectivity index is 1.48. The van der Waals surface area contributed by atoms with E-state index in [1.807, 2.05) is 19.1 Å². The highest BCUT2D eigenvalue weighted by molar-refractivity contribution is 5.86. The van der Waals surface area contributed by atoms with Crippen LogP contribution < -0.4 is 10.2 Å². The number of hydrogen-bond acceptors (Lipinski definition) is 4. The molecule has 1 spiro atoms. The van der Waals surface area contributed by atoms with Crippen molar-refractivity contribution in [2.75, 3.05) is 29.9 Å². The molecule has 1 aromatic carbocycles. The van der Waals surface area contributed by atoms with Crippen LogP contribution in [0.5, 0.6) is 0 Å². The SMILES string of the molecule is Cc1cc(NC(=O)O)ccc1N1CCC[C@@]2(CCN(C3CCC(O)CC3)C2=O)C1. The van der Waals surface area contributed by atoms with Crippen LogP contribution in [0.4, 0.5) is 16.2 Å². The van der Waals surface area contributed by atoms with E-state index < -0.39 is 6.09 Å². The van der Waals surface area contributed by atoms with Crippen molar-refractivity contribution in [1.29, 1.82) is 0 Å². The number of carbonyl (C=O) groups is 2. The molecule has 2 amide bonds. The molecule has 7 nitrogen and oxygen atoms in total. The van der Waals surface area contributed by atoms with Crippen molar-refractivity contribution < 1.29 is 19.8 Å². The van der Waals surface area contributed by atoms with E-state index >= 15 is 0 Å². The van der Waals surface area contributed by atoms with Crippen LogP contribution in [-0.2, 0) is 4.79 Å². The van der Waals surface area contributed by atoms with Crippen LogP contribution in [0.25, 0.3) is 0 Å². The molecule has 1 aromatic rings. The van der Waals surface area contributed by atoms with Crippen LogP contribution in [0.3, 0.4) is 0 Å². The summed E-state index contributed by atoms with van der Waals surface area (Å²) in [6.45, 7) is 4.45. The third kappa shape index (κ3) is 3.92. The maximum atomic E-state index is 13.5. The molecule has 2 aliphatic heterocycles. The van der Waals surface area contributed by atoms with Crippen LogP contribution in [0.2, 0.25) is 0 Å². The van der Waals surface area contributed by atoms with Gasteiger partial charge in [-0.2, -0.15) is 0 Å². The van der Waals surface area contributed by atoms with Crippen molar-refractivity contribution in [3.63, 3.8) is 0 Å². The second kappa shape index (κ2) is 7.86. The molecular formula is C22H31N3O4. The molecule has 3 aliphatic rings. The second-order valence-corrected chi connectivity index (χ2v) is 8.95. The first-order chi connectivity index (χ1) is 13.9. The van der Waals surface area contributed by atoms with E-state index in [1.165, 1.54) is 0 Å². The molecule has 1 atom stereocenters. The summed E-state index contributed by atoms with van der Waals surface area (Å²) in [6.07, 6.45) is 4.95. The van der Waals surface area contributed by atoms with Gasteiger partial charge >= 0.3 is 6.09 Å². The van der Waals surface area contributed by atoms with Crippen molar-refractivity contribution >= 4 is 23.4 Å². The lowest BCUT2D eigenvalue weighted by molar-refractivity contribution is -0.139. The fourth-order valence-electron chi connectivity index (χ4n) is 5.49. The fraction of sp³-hybridized carbons (Fsp3) is 0.636. The lowest BCUT2D eigenvalue weighted by Gasteiger charge is -2.42. The first-order valence-corrected chi connectivity index (χ1v) is 10.7. The Hall–Kier alpha value is -2.28. The number of aliphatic hydroxyl groups is 1. The van der Waals surface area contributed by atoms with E-state index in [-0.39, 0.29) is 17.6 Å². The largest absolute Gasteiger partial charge is 0.465 e. The maximum Gasteiger partial charge on any atom is 0.409 e. The Morgan fingerprint density at radius 3 is 2.62 bits per heavy atom. The third-order valence-electron chi connectivity index (χ3n) is 7.02. The van der Waals surface area contributed by atoms with Gasteiger partial charge in [0.25, 0.3) is 0 Å². The molecule has 4 rings (SSSR count).